The summed E-state index contributed by atoms with van der Waals surface area (Å²) in [6.45, 7) is 2.18. The molecular formula is C14H15F3N4O. The minimum Gasteiger partial charge on any atom is -0.352 e. The monoisotopic (exact) mass is 312 g/mol. The van der Waals surface area contributed by atoms with Crippen LogP contribution in [0.25, 0.3) is 0 Å². The smallest absolute Gasteiger partial charge is 0.352 e. The number of alkyl halides is 3. The number of hydrogen-bond acceptors (Lipinski definition) is 3. The van der Waals surface area contributed by atoms with Gasteiger partial charge in [0, 0.05) is 30.6 Å². The van der Waals surface area contributed by atoms with Gasteiger partial charge in [-0.2, -0.15) is 18.3 Å². The highest BCUT2D eigenvalue weighted by Gasteiger charge is 2.30. The van der Waals surface area contributed by atoms with E-state index in [4.69, 9.17) is 0 Å². The molecule has 0 saturated heterocycles. The van der Waals surface area contributed by atoms with Gasteiger partial charge in [0.25, 0.3) is 5.91 Å². The second-order valence-electron chi connectivity index (χ2n) is 4.66. The summed E-state index contributed by atoms with van der Waals surface area (Å²) in [7, 11) is 0. The molecule has 0 spiro atoms. The van der Waals surface area contributed by atoms with E-state index in [1.54, 1.807) is 0 Å². The zero-order chi connectivity index (χ0) is 16.2. The molecule has 118 valence electrons. The lowest BCUT2D eigenvalue weighted by Crippen LogP contribution is -2.26. The van der Waals surface area contributed by atoms with Crippen molar-refractivity contribution >= 4 is 5.91 Å². The minimum atomic E-state index is -4.39. The number of aryl methyl sites for hydroxylation is 1. The maximum absolute atomic E-state index is 12.4. The largest absolute Gasteiger partial charge is 0.417 e. The van der Waals surface area contributed by atoms with Crippen LogP contribution in [0.1, 0.15) is 34.2 Å². The summed E-state index contributed by atoms with van der Waals surface area (Å²) < 4.78 is 37.2. The Bertz CT molecular complexity index is 634. The van der Waals surface area contributed by atoms with Gasteiger partial charge in [0.05, 0.1) is 17.3 Å². The summed E-state index contributed by atoms with van der Waals surface area (Å²) in [5.41, 5.74) is 0.913. The minimum absolute atomic E-state index is 0.266. The van der Waals surface area contributed by atoms with Crippen LogP contribution in [-0.4, -0.2) is 27.6 Å². The number of nitrogens with one attached hydrogen (secondary N) is 2. The third-order valence-electron chi connectivity index (χ3n) is 3.14. The third kappa shape index (κ3) is 3.84. The molecule has 2 aromatic rings. The molecule has 0 aliphatic rings. The zero-order valence-electron chi connectivity index (χ0n) is 11.9. The molecule has 1 amide bonds. The molecule has 0 unspecified atom stereocenters. The van der Waals surface area contributed by atoms with E-state index in [1.165, 1.54) is 12.3 Å². The number of nitrogens with zero attached hydrogens (tertiary/aromatic N) is 2. The summed E-state index contributed by atoms with van der Waals surface area (Å²) in [5.74, 6) is -0.266. The van der Waals surface area contributed by atoms with Gasteiger partial charge in [0.1, 0.15) is 0 Å². The molecule has 2 N–H and O–H groups in total. The van der Waals surface area contributed by atoms with Gasteiger partial charge in [0.2, 0.25) is 0 Å². The summed E-state index contributed by atoms with van der Waals surface area (Å²) in [6.07, 6.45) is -1.14. The van der Waals surface area contributed by atoms with Crippen LogP contribution in [0.3, 0.4) is 0 Å². The summed E-state index contributed by atoms with van der Waals surface area (Å²) in [4.78, 5) is 15.7. The van der Waals surface area contributed by atoms with E-state index >= 15 is 0 Å². The van der Waals surface area contributed by atoms with Gasteiger partial charge in [-0.3, -0.25) is 14.9 Å². The van der Waals surface area contributed by atoms with Crippen LogP contribution in [0.2, 0.25) is 0 Å². The zero-order valence-corrected chi connectivity index (χ0v) is 11.9. The van der Waals surface area contributed by atoms with Gasteiger partial charge in [-0.1, -0.05) is 6.92 Å². The van der Waals surface area contributed by atoms with E-state index in [0.717, 1.165) is 18.0 Å². The summed E-state index contributed by atoms with van der Waals surface area (Å²) in [6, 6.07) is 2.29. The molecule has 0 aliphatic carbocycles. The van der Waals surface area contributed by atoms with Crippen molar-refractivity contribution < 1.29 is 18.0 Å². The van der Waals surface area contributed by atoms with Crippen LogP contribution >= 0.6 is 0 Å². The van der Waals surface area contributed by atoms with E-state index < -0.39 is 11.7 Å². The van der Waals surface area contributed by atoms with Gasteiger partial charge in [-0.05, 0) is 18.6 Å². The Balaban J connectivity index is 1.87. The number of H-pyrrole nitrogens is 1. The Hall–Kier alpha value is -2.38. The first kappa shape index (κ1) is 16.0. The molecule has 0 saturated carbocycles. The fraction of sp³-hybridized carbons (Fsp3) is 0.357. The Morgan fingerprint density at radius 3 is 2.68 bits per heavy atom. The highest BCUT2D eigenvalue weighted by atomic mass is 19.4. The van der Waals surface area contributed by atoms with E-state index in [-0.39, 0.29) is 12.5 Å². The van der Waals surface area contributed by atoms with Crippen LogP contribution in [0.5, 0.6) is 0 Å². The molecule has 5 nitrogen and oxygen atoms in total. The number of carbonyl (C=O) groups is 1. The maximum atomic E-state index is 12.4. The molecule has 0 aliphatic heterocycles. The summed E-state index contributed by atoms with van der Waals surface area (Å²) in [5, 5.41) is 9.24. The van der Waals surface area contributed by atoms with Gasteiger partial charge in [-0.25, -0.2) is 0 Å². The van der Waals surface area contributed by atoms with Crippen molar-refractivity contribution in [2.45, 2.75) is 25.9 Å². The van der Waals surface area contributed by atoms with Crippen molar-refractivity contribution in [3.63, 3.8) is 0 Å². The Kier molecular flexibility index (Phi) is 4.79. The lowest BCUT2D eigenvalue weighted by molar-refractivity contribution is -0.137. The molecule has 2 heterocycles. The van der Waals surface area contributed by atoms with Crippen molar-refractivity contribution in [3.8, 4) is 0 Å². The molecule has 2 rings (SSSR count). The lowest BCUT2D eigenvalue weighted by Gasteiger charge is -2.07. The maximum Gasteiger partial charge on any atom is 0.417 e. The van der Waals surface area contributed by atoms with E-state index in [9.17, 15) is 18.0 Å². The van der Waals surface area contributed by atoms with Crippen molar-refractivity contribution in [2.75, 3.05) is 6.54 Å². The Labute approximate surface area is 125 Å². The van der Waals surface area contributed by atoms with Gasteiger partial charge in [0.15, 0.2) is 0 Å². The topological polar surface area (TPSA) is 70.7 Å². The van der Waals surface area contributed by atoms with E-state index in [2.05, 4.69) is 20.5 Å². The van der Waals surface area contributed by atoms with Crippen molar-refractivity contribution in [1.82, 2.24) is 20.5 Å². The number of amides is 1. The number of hydrogen-bond donors (Lipinski definition) is 2. The first-order chi connectivity index (χ1) is 10.4. The number of aromatic nitrogens is 3. The van der Waals surface area contributed by atoms with Crippen LogP contribution in [-0.2, 0) is 19.0 Å². The van der Waals surface area contributed by atoms with Crippen molar-refractivity contribution in [2.24, 2.45) is 0 Å². The van der Waals surface area contributed by atoms with E-state index in [0.29, 0.717) is 24.1 Å². The van der Waals surface area contributed by atoms with Crippen LogP contribution < -0.4 is 5.32 Å². The number of rotatable bonds is 5. The Morgan fingerprint density at radius 2 is 2.09 bits per heavy atom. The molecule has 2 aromatic heterocycles. The number of halogens is 3. The predicted molar refractivity (Wildman–Crippen MR) is 73.2 cm³/mol. The second-order valence-corrected chi connectivity index (χ2v) is 4.66. The SMILES string of the molecule is CCc1[nH]ncc1C(=O)NCCc1ccc(C(F)(F)F)cn1. The average molecular weight is 312 g/mol. The predicted octanol–water partition coefficient (Wildman–Crippen LogP) is 2.36. The Morgan fingerprint density at radius 1 is 1.32 bits per heavy atom. The quantitative estimate of drug-likeness (QED) is 0.890. The van der Waals surface area contributed by atoms with Crippen LogP contribution in [0.4, 0.5) is 13.2 Å². The van der Waals surface area contributed by atoms with Crippen molar-refractivity contribution in [3.05, 3.63) is 47.0 Å². The standard InChI is InChI=1S/C14H15F3N4O/c1-2-12-11(8-20-21-12)13(22)18-6-5-10-4-3-9(7-19-10)14(15,16)17/h3-4,7-8H,2,5-6H2,1H3,(H,18,22)(H,20,21). The molecule has 0 aromatic carbocycles. The van der Waals surface area contributed by atoms with Gasteiger partial charge in [-0.15, -0.1) is 0 Å². The lowest BCUT2D eigenvalue weighted by atomic mass is 10.2. The second kappa shape index (κ2) is 6.59. The molecular weight excluding hydrogens is 297 g/mol. The van der Waals surface area contributed by atoms with Crippen LogP contribution in [0.15, 0.2) is 24.5 Å². The van der Waals surface area contributed by atoms with Crippen molar-refractivity contribution in [1.29, 1.82) is 0 Å². The number of pyridine rings is 1. The highest BCUT2D eigenvalue weighted by molar-refractivity contribution is 5.95. The first-order valence-corrected chi connectivity index (χ1v) is 6.74. The summed E-state index contributed by atoms with van der Waals surface area (Å²) >= 11 is 0. The van der Waals surface area contributed by atoms with Gasteiger partial charge >= 0.3 is 6.18 Å². The highest BCUT2D eigenvalue weighted by Crippen LogP contribution is 2.28. The average Bonchev–Trinajstić information content (AvgIpc) is 2.95. The molecule has 0 bridgehead atoms. The number of aromatic amines is 1. The molecule has 22 heavy (non-hydrogen) atoms. The van der Waals surface area contributed by atoms with Gasteiger partial charge < -0.3 is 5.32 Å². The third-order valence-corrected chi connectivity index (χ3v) is 3.14. The fourth-order valence-electron chi connectivity index (χ4n) is 1.92. The number of carbonyl (C=O) groups excluding carboxylic acids is 1. The molecule has 0 fully saturated rings. The molecule has 8 heteroatoms. The fourth-order valence-corrected chi connectivity index (χ4v) is 1.92. The molecule has 0 radical (unpaired) electrons. The normalized spacial score (nSPS) is 11.5. The molecule has 0 atom stereocenters. The van der Waals surface area contributed by atoms with E-state index in [1.807, 2.05) is 6.92 Å². The van der Waals surface area contributed by atoms with Crippen LogP contribution in [0, 0.1) is 0 Å². The first-order valence-electron chi connectivity index (χ1n) is 6.74.